The predicted molar refractivity (Wildman–Crippen MR) is 104 cm³/mol. The second kappa shape index (κ2) is 5.85. The summed E-state index contributed by atoms with van der Waals surface area (Å²) in [5, 5.41) is 12.1. The van der Waals surface area contributed by atoms with Crippen LogP contribution in [0.3, 0.4) is 0 Å². The number of aromatic amines is 2. The van der Waals surface area contributed by atoms with Crippen molar-refractivity contribution in [1.82, 2.24) is 19.4 Å². The summed E-state index contributed by atoms with van der Waals surface area (Å²) in [7, 11) is 1.92. The molecule has 0 aliphatic carbocycles. The van der Waals surface area contributed by atoms with Gasteiger partial charge in [-0.15, -0.1) is 0 Å². The van der Waals surface area contributed by atoms with Gasteiger partial charge in [-0.2, -0.15) is 0 Å². The number of H-pyrrole nitrogens is 2. The molecule has 0 saturated carbocycles. The fourth-order valence-corrected chi connectivity index (χ4v) is 4.13. The van der Waals surface area contributed by atoms with Crippen LogP contribution in [0, 0.1) is 0 Å². The summed E-state index contributed by atoms with van der Waals surface area (Å²) in [5.74, 6) is -0.278. The molecule has 0 bridgehead atoms. The molecule has 0 spiro atoms. The fraction of sp³-hybridized carbons (Fsp3) is 0.400. The maximum atomic E-state index is 12.7. The molecule has 1 atom stereocenters. The topological polar surface area (TPSA) is 94.1 Å². The van der Waals surface area contributed by atoms with E-state index in [1.807, 2.05) is 50.9 Å². The van der Waals surface area contributed by atoms with Crippen molar-refractivity contribution in [3.8, 4) is 5.88 Å². The van der Waals surface area contributed by atoms with E-state index in [2.05, 4.69) is 16.0 Å². The van der Waals surface area contributed by atoms with Gasteiger partial charge in [-0.3, -0.25) is 19.2 Å². The first kappa shape index (κ1) is 17.6. The Kier molecular flexibility index (Phi) is 3.82. The third kappa shape index (κ3) is 2.61. The second-order valence-corrected chi connectivity index (χ2v) is 8.20. The van der Waals surface area contributed by atoms with Crippen LogP contribution in [0.25, 0.3) is 10.9 Å². The molecule has 0 amide bonds. The zero-order chi connectivity index (χ0) is 19.5. The van der Waals surface area contributed by atoms with Crippen molar-refractivity contribution in [1.29, 1.82) is 0 Å². The average Bonchev–Trinajstić information content (AvgIpc) is 2.93. The number of hydrogen-bond donors (Lipinski definition) is 3. The van der Waals surface area contributed by atoms with E-state index < -0.39 is 22.8 Å². The third-order valence-electron chi connectivity index (χ3n) is 5.34. The number of rotatable bonds is 1. The van der Waals surface area contributed by atoms with Crippen molar-refractivity contribution in [3.63, 3.8) is 0 Å². The van der Waals surface area contributed by atoms with Crippen molar-refractivity contribution >= 4 is 10.9 Å². The molecule has 3 heterocycles. The zero-order valence-electron chi connectivity index (χ0n) is 16.0. The van der Waals surface area contributed by atoms with Crippen LogP contribution in [-0.2, 0) is 12.0 Å². The molecule has 0 saturated heterocycles. The Morgan fingerprint density at radius 3 is 2.56 bits per heavy atom. The largest absolute Gasteiger partial charge is 0.494 e. The Labute approximate surface area is 156 Å². The van der Waals surface area contributed by atoms with Gasteiger partial charge >= 0.3 is 5.69 Å². The Bertz CT molecular complexity index is 1150. The van der Waals surface area contributed by atoms with Crippen LogP contribution >= 0.6 is 0 Å². The molecule has 0 fully saturated rings. The molecular formula is C20H24N4O3. The number of fused-ring (bicyclic) bond motifs is 3. The molecule has 2 aromatic heterocycles. The van der Waals surface area contributed by atoms with Gasteiger partial charge in [0.25, 0.3) is 5.56 Å². The first-order valence-corrected chi connectivity index (χ1v) is 9.08. The minimum atomic E-state index is -0.670. The quantitative estimate of drug-likeness (QED) is 0.613. The summed E-state index contributed by atoms with van der Waals surface area (Å²) in [4.78, 5) is 32.9. The SMILES string of the molecule is CN1CCc2c([nH]c3ccccc23)[C@@H]1c1c(O)n(C(C)(C)C)c(=O)[nH]c1=O. The van der Waals surface area contributed by atoms with Crippen LogP contribution in [0.1, 0.15) is 43.6 Å². The Hall–Kier alpha value is -2.80. The Balaban J connectivity index is 2.03. The number of para-hydroxylation sites is 1. The van der Waals surface area contributed by atoms with Crippen molar-refractivity contribution in [3.05, 3.63) is 61.9 Å². The van der Waals surface area contributed by atoms with Gasteiger partial charge < -0.3 is 10.1 Å². The van der Waals surface area contributed by atoms with Crippen LogP contribution in [0.5, 0.6) is 5.88 Å². The fourth-order valence-electron chi connectivity index (χ4n) is 4.13. The lowest BCUT2D eigenvalue weighted by Gasteiger charge is -2.34. The molecule has 7 heteroatoms. The standard InChI is InChI=1S/C20H24N4O3/c1-20(2,3)24-18(26)14(17(25)22-19(24)27)16-15-12(9-10-23(16)4)11-7-5-6-8-13(11)21-15/h5-8,16,21,26H,9-10H2,1-4H3,(H,22,25,27)/t16-/m0/s1. The highest BCUT2D eigenvalue weighted by molar-refractivity contribution is 5.85. The van der Waals surface area contributed by atoms with Crippen molar-refractivity contribution in [2.75, 3.05) is 13.6 Å². The minimum Gasteiger partial charge on any atom is -0.494 e. The summed E-state index contributed by atoms with van der Waals surface area (Å²) < 4.78 is 1.24. The number of nitrogens with one attached hydrogen (secondary N) is 2. The maximum Gasteiger partial charge on any atom is 0.331 e. The first-order chi connectivity index (χ1) is 12.7. The van der Waals surface area contributed by atoms with Crippen LogP contribution in [0.2, 0.25) is 0 Å². The van der Waals surface area contributed by atoms with E-state index in [1.165, 1.54) is 4.57 Å². The van der Waals surface area contributed by atoms with Gasteiger partial charge in [0.05, 0.1) is 6.04 Å². The number of benzene rings is 1. The molecular weight excluding hydrogens is 344 g/mol. The zero-order valence-corrected chi connectivity index (χ0v) is 16.0. The minimum absolute atomic E-state index is 0.194. The van der Waals surface area contributed by atoms with Crippen LogP contribution in [0.15, 0.2) is 33.9 Å². The predicted octanol–water partition coefficient (Wildman–Crippen LogP) is 2.06. The number of aromatic nitrogens is 3. The molecule has 1 aromatic carbocycles. The summed E-state index contributed by atoms with van der Waals surface area (Å²) in [6, 6.07) is 7.57. The second-order valence-electron chi connectivity index (χ2n) is 8.20. The van der Waals surface area contributed by atoms with E-state index in [4.69, 9.17) is 0 Å². The van der Waals surface area contributed by atoms with E-state index in [0.29, 0.717) is 0 Å². The third-order valence-corrected chi connectivity index (χ3v) is 5.34. The Morgan fingerprint density at radius 1 is 1.15 bits per heavy atom. The number of likely N-dealkylation sites (N-methyl/N-ethyl adjacent to an activating group) is 1. The highest BCUT2D eigenvalue weighted by Crippen LogP contribution is 2.39. The van der Waals surface area contributed by atoms with Gasteiger partial charge in [-0.25, -0.2) is 4.79 Å². The maximum absolute atomic E-state index is 12.7. The number of aromatic hydroxyl groups is 1. The molecule has 7 nitrogen and oxygen atoms in total. The highest BCUT2D eigenvalue weighted by Gasteiger charge is 2.35. The van der Waals surface area contributed by atoms with Gasteiger partial charge in [0, 0.05) is 28.7 Å². The van der Waals surface area contributed by atoms with Crippen LogP contribution < -0.4 is 11.2 Å². The Morgan fingerprint density at radius 2 is 1.85 bits per heavy atom. The lowest BCUT2D eigenvalue weighted by molar-refractivity contribution is 0.241. The summed E-state index contributed by atoms with van der Waals surface area (Å²) >= 11 is 0. The molecule has 0 unspecified atom stereocenters. The summed E-state index contributed by atoms with van der Waals surface area (Å²) in [6.07, 6.45) is 0.851. The number of nitrogens with zero attached hydrogens (tertiary/aromatic N) is 2. The van der Waals surface area contributed by atoms with Gasteiger partial charge in [0.1, 0.15) is 5.56 Å². The van der Waals surface area contributed by atoms with Gasteiger partial charge in [0.15, 0.2) is 0 Å². The molecule has 1 aliphatic heterocycles. The van der Waals surface area contributed by atoms with Gasteiger partial charge in [0.2, 0.25) is 5.88 Å². The van der Waals surface area contributed by atoms with E-state index in [9.17, 15) is 14.7 Å². The van der Waals surface area contributed by atoms with Crippen LogP contribution in [-0.4, -0.2) is 38.1 Å². The normalized spacial score (nSPS) is 18.0. The average molecular weight is 368 g/mol. The molecule has 1 aliphatic rings. The summed E-state index contributed by atoms with van der Waals surface area (Å²) in [6.45, 7) is 6.19. The molecule has 0 radical (unpaired) electrons. The smallest absolute Gasteiger partial charge is 0.331 e. The lowest BCUT2D eigenvalue weighted by atomic mass is 9.93. The first-order valence-electron chi connectivity index (χ1n) is 9.08. The van der Waals surface area contributed by atoms with E-state index in [0.717, 1.165) is 35.1 Å². The van der Waals surface area contributed by atoms with Crippen molar-refractivity contribution < 1.29 is 5.11 Å². The van der Waals surface area contributed by atoms with E-state index in [1.54, 1.807) is 0 Å². The molecule has 3 aromatic rings. The van der Waals surface area contributed by atoms with Crippen molar-refractivity contribution in [2.45, 2.75) is 38.8 Å². The molecule has 142 valence electrons. The van der Waals surface area contributed by atoms with Gasteiger partial charge in [-0.1, -0.05) is 18.2 Å². The number of hydrogen-bond acceptors (Lipinski definition) is 4. The van der Waals surface area contributed by atoms with E-state index >= 15 is 0 Å². The summed E-state index contributed by atoms with van der Waals surface area (Å²) in [5.41, 5.74) is 1.41. The van der Waals surface area contributed by atoms with E-state index in [-0.39, 0.29) is 11.4 Å². The van der Waals surface area contributed by atoms with Gasteiger partial charge in [-0.05, 0) is 45.9 Å². The lowest BCUT2D eigenvalue weighted by Crippen LogP contribution is -2.43. The highest BCUT2D eigenvalue weighted by atomic mass is 16.3. The van der Waals surface area contributed by atoms with Crippen LogP contribution in [0.4, 0.5) is 0 Å². The molecule has 3 N–H and O–H groups in total. The molecule has 4 rings (SSSR count). The monoisotopic (exact) mass is 368 g/mol. The van der Waals surface area contributed by atoms with Crippen molar-refractivity contribution in [2.24, 2.45) is 0 Å². The molecule has 27 heavy (non-hydrogen) atoms.